The Balaban J connectivity index is 2.23. The summed E-state index contributed by atoms with van der Waals surface area (Å²) >= 11 is 0. The van der Waals surface area contributed by atoms with E-state index in [2.05, 4.69) is 46.8 Å². The van der Waals surface area contributed by atoms with E-state index in [1.165, 1.54) is 23.1 Å². The Morgan fingerprint density at radius 2 is 1.63 bits per heavy atom. The molecule has 30 heavy (non-hydrogen) atoms. The predicted octanol–water partition coefficient (Wildman–Crippen LogP) is 6.18. The summed E-state index contributed by atoms with van der Waals surface area (Å²) in [7, 11) is 1.59. The summed E-state index contributed by atoms with van der Waals surface area (Å²) in [6.07, 6.45) is 2.30. The van der Waals surface area contributed by atoms with Gasteiger partial charge in [0.15, 0.2) is 6.79 Å². The lowest BCUT2D eigenvalue weighted by Gasteiger charge is -2.42. The van der Waals surface area contributed by atoms with Gasteiger partial charge in [-0.25, -0.2) is 0 Å². The molecule has 1 unspecified atom stereocenters. The van der Waals surface area contributed by atoms with Gasteiger partial charge < -0.3 is 14.6 Å². The lowest BCUT2D eigenvalue weighted by molar-refractivity contribution is -0.138. The topological polar surface area (TPSA) is 55.8 Å². The first-order valence-electron chi connectivity index (χ1n) is 10.6. The Morgan fingerprint density at radius 3 is 2.20 bits per heavy atom. The number of carboxylic acid groups (broad SMARTS) is 1. The minimum absolute atomic E-state index is 0.0901. The quantitative estimate of drug-likeness (QED) is 0.578. The number of hydrogen-bond donors (Lipinski definition) is 1. The van der Waals surface area contributed by atoms with Crippen molar-refractivity contribution in [1.29, 1.82) is 0 Å². The minimum Gasteiger partial charge on any atom is -0.481 e. The van der Waals surface area contributed by atoms with Crippen molar-refractivity contribution in [3.63, 3.8) is 0 Å². The van der Waals surface area contributed by atoms with Crippen molar-refractivity contribution in [3.05, 3.63) is 52.6 Å². The Hall–Kier alpha value is -2.33. The largest absolute Gasteiger partial charge is 0.481 e. The van der Waals surface area contributed by atoms with Gasteiger partial charge in [-0.05, 0) is 83.5 Å². The van der Waals surface area contributed by atoms with E-state index in [9.17, 15) is 9.90 Å². The molecule has 0 aromatic heterocycles. The maximum Gasteiger partial charge on any atom is 0.310 e. The molecule has 0 saturated heterocycles. The molecule has 2 aromatic carbocycles. The van der Waals surface area contributed by atoms with Crippen molar-refractivity contribution >= 4 is 5.97 Å². The molecule has 2 aromatic rings. The van der Waals surface area contributed by atoms with Crippen molar-refractivity contribution < 1.29 is 19.4 Å². The van der Waals surface area contributed by atoms with E-state index >= 15 is 0 Å². The first kappa shape index (κ1) is 22.4. The second-order valence-electron chi connectivity index (χ2n) is 9.85. The molecule has 1 aliphatic carbocycles. The Kier molecular flexibility index (Phi) is 6.01. The molecule has 0 spiro atoms. The Labute approximate surface area is 180 Å². The molecule has 4 heteroatoms. The van der Waals surface area contributed by atoms with Gasteiger partial charge in [0.1, 0.15) is 5.75 Å². The fraction of sp³-hybridized carbons (Fsp3) is 0.500. The summed E-state index contributed by atoms with van der Waals surface area (Å²) < 4.78 is 11.0. The molecule has 0 amide bonds. The van der Waals surface area contributed by atoms with E-state index in [0.29, 0.717) is 5.75 Å². The van der Waals surface area contributed by atoms with Crippen LogP contribution in [0.1, 0.15) is 75.6 Å². The summed E-state index contributed by atoms with van der Waals surface area (Å²) in [5.74, 6) is -0.723. The van der Waals surface area contributed by atoms with Crippen LogP contribution in [0, 0.1) is 6.92 Å². The number of methoxy groups -OCH3 is 1. The number of carbonyl (C=O) groups is 1. The summed E-state index contributed by atoms with van der Waals surface area (Å²) in [6, 6.07) is 10.3. The van der Waals surface area contributed by atoms with Crippen molar-refractivity contribution in [2.24, 2.45) is 0 Å². The highest BCUT2D eigenvalue weighted by atomic mass is 16.7. The van der Waals surface area contributed by atoms with Crippen LogP contribution in [0.4, 0.5) is 0 Å². The number of fused-ring (bicyclic) bond motifs is 1. The maximum absolute atomic E-state index is 11.6. The van der Waals surface area contributed by atoms with Crippen molar-refractivity contribution in [3.8, 4) is 16.9 Å². The van der Waals surface area contributed by atoms with Gasteiger partial charge in [0, 0.05) is 12.7 Å². The number of rotatable bonds is 6. The normalized spacial score (nSPS) is 17.8. The number of ether oxygens (including phenoxy) is 2. The standard InChI is InChI=1S/C26H34O4/c1-16-12-21-22(26(5,6)11-10-25(21,3)4)14-19(16)20-13-18(17(2)24(27)28)8-9-23(20)30-15-29-7/h8-9,12-14,17H,10-11,15H2,1-7H3,(H,27,28). The highest BCUT2D eigenvalue weighted by Crippen LogP contribution is 2.48. The van der Waals surface area contributed by atoms with Crippen LogP contribution in [0.2, 0.25) is 0 Å². The SMILES string of the molecule is COCOc1ccc(C(C)C(=O)O)cc1-c1cc2c(cc1C)C(C)(C)CCC2(C)C. The molecule has 0 bridgehead atoms. The molecular weight excluding hydrogens is 376 g/mol. The van der Waals surface area contributed by atoms with Crippen LogP contribution in [-0.2, 0) is 20.4 Å². The van der Waals surface area contributed by atoms with E-state index in [4.69, 9.17) is 9.47 Å². The smallest absolute Gasteiger partial charge is 0.310 e. The van der Waals surface area contributed by atoms with Crippen LogP contribution in [0.3, 0.4) is 0 Å². The molecule has 0 saturated carbocycles. The molecule has 162 valence electrons. The summed E-state index contributed by atoms with van der Waals surface area (Å²) in [6.45, 7) is 13.2. The lowest BCUT2D eigenvalue weighted by Crippen LogP contribution is -2.34. The first-order valence-corrected chi connectivity index (χ1v) is 10.6. The molecular formula is C26H34O4. The number of aryl methyl sites for hydroxylation is 1. The third-order valence-electron chi connectivity index (χ3n) is 6.69. The number of hydrogen-bond acceptors (Lipinski definition) is 3. The molecule has 0 aliphatic heterocycles. The zero-order chi connectivity index (χ0) is 22.3. The van der Waals surface area contributed by atoms with E-state index in [1.807, 2.05) is 18.2 Å². The Morgan fingerprint density at radius 1 is 1.03 bits per heavy atom. The molecule has 0 fully saturated rings. The van der Waals surface area contributed by atoms with Crippen molar-refractivity contribution in [2.45, 2.75) is 71.1 Å². The molecule has 3 rings (SSSR count). The molecule has 0 heterocycles. The monoisotopic (exact) mass is 410 g/mol. The highest BCUT2D eigenvalue weighted by molar-refractivity contribution is 5.80. The van der Waals surface area contributed by atoms with Crippen LogP contribution in [0.25, 0.3) is 11.1 Å². The second-order valence-corrected chi connectivity index (χ2v) is 9.85. The minimum atomic E-state index is -0.837. The summed E-state index contributed by atoms with van der Waals surface area (Å²) in [5.41, 5.74) is 6.95. The van der Waals surface area contributed by atoms with Crippen LogP contribution in [0.5, 0.6) is 5.75 Å². The molecule has 0 radical (unpaired) electrons. The van der Waals surface area contributed by atoms with Gasteiger partial charge in [-0.2, -0.15) is 0 Å². The third-order valence-corrected chi connectivity index (χ3v) is 6.69. The van der Waals surface area contributed by atoms with Gasteiger partial charge in [0.2, 0.25) is 0 Å². The fourth-order valence-corrected chi connectivity index (χ4v) is 4.43. The van der Waals surface area contributed by atoms with Crippen LogP contribution < -0.4 is 4.74 Å². The van der Waals surface area contributed by atoms with Gasteiger partial charge in [-0.15, -0.1) is 0 Å². The van der Waals surface area contributed by atoms with Gasteiger partial charge in [0.05, 0.1) is 5.92 Å². The number of carboxylic acids is 1. The first-order chi connectivity index (χ1) is 14.0. The van der Waals surface area contributed by atoms with Gasteiger partial charge in [-0.3, -0.25) is 4.79 Å². The Bertz CT molecular complexity index is 956. The highest BCUT2D eigenvalue weighted by Gasteiger charge is 2.37. The maximum atomic E-state index is 11.6. The molecule has 4 nitrogen and oxygen atoms in total. The van der Waals surface area contributed by atoms with Crippen LogP contribution in [0.15, 0.2) is 30.3 Å². The average Bonchev–Trinajstić information content (AvgIpc) is 2.69. The zero-order valence-electron chi connectivity index (χ0n) is 19.3. The lowest BCUT2D eigenvalue weighted by atomic mass is 9.62. The van der Waals surface area contributed by atoms with Gasteiger partial charge >= 0.3 is 5.97 Å². The van der Waals surface area contributed by atoms with E-state index in [0.717, 1.165) is 23.1 Å². The van der Waals surface area contributed by atoms with Crippen LogP contribution >= 0.6 is 0 Å². The van der Waals surface area contributed by atoms with E-state index in [-0.39, 0.29) is 17.6 Å². The summed E-state index contributed by atoms with van der Waals surface area (Å²) in [4.78, 5) is 11.6. The summed E-state index contributed by atoms with van der Waals surface area (Å²) in [5, 5.41) is 9.50. The fourth-order valence-electron chi connectivity index (χ4n) is 4.43. The van der Waals surface area contributed by atoms with Gasteiger partial charge in [-0.1, -0.05) is 39.8 Å². The second kappa shape index (κ2) is 8.07. The van der Waals surface area contributed by atoms with E-state index in [1.54, 1.807) is 14.0 Å². The number of aliphatic carboxylic acids is 1. The van der Waals surface area contributed by atoms with Crippen LogP contribution in [-0.4, -0.2) is 25.0 Å². The molecule has 1 N–H and O–H groups in total. The third kappa shape index (κ3) is 4.11. The van der Waals surface area contributed by atoms with Gasteiger partial charge in [0.25, 0.3) is 0 Å². The molecule has 1 atom stereocenters. The molecule has 1 aliphatic rings. The number of benzene rings is 2. The predicted molar refractivity (Wildman–Crippen MR) is 120 cm³/mol. The zero-order valence-corrected chi connectivity index (χ0v) is 19.3. The average molecular weight is 411 g/mol. The van der Waals surface area contributed by atoms with Crippen molar-refractivity contribution in [2.75, 3.05) is 13.9 Å². The van der Waals surface area contributed by atoms with E-state index < -0.39 is 11.9 Å². The van der Waals surface area contributed by atoms with Crippen molar-refractivity contribution in [1.82, 2.24) is 0 Å².